The summed E-state index contributed by atoms with van der Waals surface area (Å²) in [6, 6.07) is 2.94. The molecular formula is C14H26N4O. The lowest BCUT2D eigenvalue weighted by Crippen LogP contribution is -2.47. The topological polar surface area (TPSA) is 82.2 Å². The van der Waals surface area contributed by atoms with Crippen molar-refractivity contribution in [3.63, 3.8) is 0 Å². The minimum atomic E-state index is -0.200. The number of carbonyl (C=O) groups is 1. The smallest absolute Gasteiger partial charge is 0.221 e. The van der Waals surface area contributed by atoms with Crippen molar-refractivity contribution in [1.29, 1.82) is 5.26 Å². The molecule has 0 aromatic heterocycles. The molecule has 1 aliphatic rings. The first-order valence-corrected chi connectivity index (χ1v) is 7.13. The van der Waals surface area contributed by atoms with Crippen LogP contribution < -0.4 is 11.1 Å². The Kier molecular flexibility index (Phi) is 6.26. The fourth-order valence-corrected chi connectivity index (χ4v) is 2.61. The highest BCUT2D eigenvalue weighted by molar-refractivity contribution is 5.76. The molecule has 0 aromatic carbocycles. The van der Waals surface area contributed by atoms with Crippen LogP contribution in [0.25, 0.3) is 0 Å². The monoisotopic (exact) mass is 266 g/mol. The number of hydrogen-bond donors (Lipinski definition) is 2. The maximum atomic E-state index is 11.3. The summed E-state index contributed by atoms with van der Waals surface area (Å²) in [5, 5.41) is 12.3. The fraction of sp³-hybridized carbons (Fsp3) is 0.857. The van der Waals surface area contributed by atoms with Crippen molar-refractivity contribution >= 4 is 5.91 Å². The van der Waals surface area contributed by atoms with Crippen LogP contribution in [-0.4, -0.2) is 42.0 Å². The highest BCUT2D eigenvalue weighted by atomic mass is 16.1. The second-order valence-corrected chi connectivity index (χ2v) is 5.81. The Hall–Kier alpha value is -1.12. The van der Waals surface area contributed by atoms with Gasteiger partial charge in [0, 0.05) is 25.2 Å². The van der Waals surface area contributed by atoms with E-state index in [1.54, 1.807) is 0 Å². The van der Waals surface area contributed by atoms with E-state index in [0.29, 0.717) is 12.1 Å². The molecule has 1 rings (SSSR count). The van der Waals surface area contributed by atoms with Gasteiger partial charge in [0.1, 0.15) is 0 Å². The number of carbonyl (C=O) groups excluding carboxylic acids is 1. The normalized spacial score (nSPS) is 26.1. The van der Waals surface area contributed by atoms with Gasteiger partial charge in [-0.25, -0.2) is 0 Å². The third-order valence-corrected chi connectivity index (χ3v) is 3.81. The molecule has 0 bridgehead atoms. The highest BCUT2D eigenvalue weighted by Crippen LogP contribution is 2.21. The Labute approximate surface area is 116 Å². The van der Waals surface area contributed by atoms with Crippen LogP contribution in [-0.2, 0) is 4.79 Å². The van der Waals surface area contributed by atoms with Crippen molar-refractivity contribution in [2.45, 2.75) is 58.2 Å². The van der Waals surface area contributed by atoms with Gasteiger partial charge in [-0.1, -0.05) is 0 Å². The molecule has 1 amide bonds. The van der Waals surface area contributed by atoms with Crippen molar-refractivity contribution < 1.29 is 4.79 Å². The minimum absolute atomic E-state index is 0.0326. The van der Waals surface area contributed by atoms with Gasteiger partial charge < -0.3 is 5.73 Å². The minimum Gasteiger partial charge on any atom is -0.369 e. The molecule has 3 atom stereocenters. The molecule has 1 fully saturated rings. The van der Waals surface area contributed by atoms with E-state index in [4.69, 9.17) is 11.0 Å². The Bertz CT molecular complexity index is 337. The summed E-state index contributed by atoms with van der Waals surface area (Å²) in [7, 11) is 0. The summed E-state index contributed by atoms with van der Waals surface area (Å²) >= 11 is 0. The van der Waals surface area contributed by atoms with E-state index in [-0.39, 0.29) is 17.9 Å². The van der Waals surface area contributed by atoms with Crippen LogP contribution in [0.15, 0.2) is 0 Å². The Morgan fingerprint density at radius 2 is 2.21 bits per heavy atom. The average molecular weight is 266 g/mol. The van der Waals surface area contributed by atoms with Gasteiger partial charge in [-0.2, -0.15) is 5.26 Å². The van der Waals surface area contributed by atoms with Gasteiger partial charge in [-0.05, 0) is 40.0 Å². The molecule has 0 aromatic rings. The molecule has 3 N–H and O–H groups in total. The molecule has 5 nitrogen and oxygen atoms in total. The first kappa shape index (κ1) is 15.9. The zero-order valence-electron chi connectivity index (χ0n) is 12.2. The molecule has 0 aliphatic carbocycles. The lowest BCUT2D eigenvalue weighted by atomic mass is 9.92. The molecule has 0 saturated carbocycles. The average Bonchev–Trinajstić information content (AvgIpc) is 2.35. The van der Waals surface area contributed by atoms with Crippen LogP contribution in [0.5, 0.6) is 0 Å². The molecule has 1 saturated heterocycles. The number of amides is 1. The maximum absolute atomic E-state index is 11.3. The summed E-state index contributed by atoms with van der Waals surface area (Å²) in [5.41, 5.74) is 5.39. The van der Waals surface area contributed by atoms with E-state index in [9.17, 15) is 4.79 Å². The molecule has 3 unspecified atom stereocenters. The van der Waals surface area contributed by atoms with E-state index in [0.717, 1.165) is 32.4 Å². The largest absolute Gasteiger partial charge is 0.369 e. The zero-order valence-corrected chi connectivity index (χ0v) is 12.2. The SMILES string of the molecule is CC(C)NC(C#N)CCN1CC(C(N)=O)CCC1C. The molecule has 0 radical (unpaired) electrons. The second kappa shape index (κ2) is 7.46. The van der Waals surface area contributed by atoms with Crippen molar-refractivity contribution in [2.24, 2.45) is 11.7 Å². The third kappa shape index (κ3) is 5.17. The maximum Gasteiger partial charge on any atom is 0.221 e. The molecule has 0 spiro atoms. The van der Waals surface area contributed by atoms with Gasteiger partial charge in [-0.3, -0.25) is 15.0 Å². The van der Waals surface area contributed by atoms with Gasteiger partial charge in [0.15, 0.2) is 0 Å². The fourth-order valence-electron chi connectivity index (χ4n) is 2.61. The summed E-state index contributed by atoms with van der Waals surface area (Å²) in [6.07, 6.45) is 2.67. The Balaban J connectivity index is 2.45. The first-order valence-electron chi connectivity index (χ1n) is 7.13. The van der Waals surface area contributed by atoms with Gasteiger partial charge in [-0.15, -0.1) is 0 Å². The number of piperidine rings is 1. The molecule has 108 valence electrons. The summed E-state index contributed by atoms with van der Waals surface area (Å²) < 4.78 is 0. The quantitative estimate of drug-likeness (QED) is 0.747. The predicted molar refractivity (Wildman–Crippen MR) is 75.2 cm³/mol. The summed E-state index contributed by atoms with van der Waals surface area (Å²) in [5.74, 6) is -0.233. The Morgan fingerprint density at radius 1 is 1.53 bits per heavy atom. The molecule has 1 heterocycles. The van der Waals surface area contributed by atoms with Crippen molar-refractivity contribution in [2.75, 3.05) is 13.1 Å². The lowest BCUT2D eigenvalue weighted by Gasteiger charge is -2.37. The zero-order chi connectivity index (χ0) is 14.4. The number of rotatable bonds is 6. The second-order valence-electron chi connectivity index (χ2n) is 5.81. The van der Waals surface area contributed by atoms with Crippen molar-refractivity contribution in [3.8, 4) is 6.07 Å². The molecule has 5 heteroatoms. The predicted octanol–water partition coefficient (Wildman–Crippen LogP) is 0.852. The van der Waals surface area contributed by atoms with E-state index in [1.165, 1.54) is 0 Å². The van der Waals surface area contributed by atoms with Gasteiger partial charge in [0.25, 0.3) is 0 Å². The van der Waals surface area contributed by atoms with Crippen molar-refractivity contribution in [1.82, 2.24) is 10.2 Å². The summed E-state index contributed by atoms with van der Waals surface area (Å²) in [4.78, 5) is 13.6. The van der Waals surface area contributed by atoms with Crippen LogP contribution >= 0.6 is 0 Å². The van der Waals surface area contributed by atoms with Gasteiger partial charge >= 0.3 is 0 Å². The lowest BCUT2D eigenvalue weighted by molar-refractivity contribution is -0.123. The number of likely N-dealkylation sites (tertiary alicyclic amines) is 1. The van der Waals surface area contributed by atoms with E-state index >= 15 is 0 Å². The molecule has 1 aliphatic heterocycles. The molecule has 19 heavy (non-hydrogen) atoms. The number of nitrogens with zero attached hydrogens (tertiary/aromatic N) is 2. The number of hydrogen-bond acceptors (Lipinski definition) is 4. The standard InChI is InChI=1S/C14H26N4O/c1-10(2)17-13(8-15)6-7-18-9-12(14(16)19)5-4-11(18)3/h10-13,17H,4-7,9H2,1-3H3,(H2,16,19). The van der Waals surface area contributed by atoms with Crippen LogP contribution in [0.3, 0.4) is 0 Å². The van der Waals surface area contributed by atoms with Gasteiger partial charge in [0.05, 0.1) is 18.0 Å². The van der Waals surface area contributed by atoms with Crippen molar-refractivity contribution in [3.05, 3.63) is 0 Å². The highest BCUT2D eigenvalue weighted by Gasteiger charge is 2.28. The van der Waals surface area contributed by atoms with Gasteiger partial charge in [0.2, 0.25) is 5.91 Å². The number of nitriles is 1. The van der Waals surface area contributed by atoms with Crippen LogP contribution in [0.1, 0.15) is 40.0 Å². The van der Waals surface area contributed by atoms with Crippen LogP contribution in [0.2, 0.25) is 0 Å². The number of primary amides is 1. The third-order valence-electron chi connectivity index (χ3n) is 3.81. The van der Waals surface area contributed by atoms with E-state index < -0.39 is 0 Å². The first-order chi connectivity index (χ1) is 8.93. The summed E-state index contributed by atoms with van der Waals surface area (Å²) in [6.45, 7) is 7.82. The van der Waals surface area contributed by atoms with E-state index in [2.05, 4.69) is 23.2 Å². The number of nitrogens with two attached hydrogens (primary N) is 1. The number of nitrogens with one attached hydrogen (secondary N) is 1. The Morgan fingerprint density at radius 3 is 2.74 bits per heavy atom. The van der Waals surface area contributed by atoms with Crippen LogP contribution in [0, 0.1) is 17.2 Å². The van der Waals surface area contributed by atoms with E-state index in [1.807, 2.05) is 13.8 Å². The van der Waals surface area contributed by atoms with Crippen LogP contribution in [0.4, 0.5) is 0 Å². The molecular weight excluding hydrogens is 240 g/mol.